The summed E-state index contributed by atoms with van der Waals surface area (Å²) in [6.07, 6.45) is 0. The molecule has 8 heteroatoms. The Morgan fingerprint density at radius 3 is 2.43 bits per heavy atom. The number of carboxylic acids is 1. The second-order valence-electron chi connectivity index (χ2n) is 4.07. The molecule has 0 aliphatic carbocycles. The number of aromatic amines is 1. The number of halogens is 1. The van der Waals surface area contributed by atoms with Crippen molar-refractivity contribution < 1.29 is 24.2 Å². The highest BCUT2D eigenvalue weighted by molar-refractivity contribution is 6.04. The van der Waals surface area contributed by atoms with Crippen LogP contribution in [-0.4, -0.2) is 27.1 Å². The summed E-state index contributed by atoms with van der Waals surface area (Å²) in [5.74, 6) is -3.56. The number of hydrogen-bond donors (Lipinski definition) is 4. The molecule has 7 nitrogen and oxygen atoms in total. The molecule has 1 aromatic heterocycles. The van der Waals surface area contributed by atoms with Gasteiger partial charge in [0.05, 0.1) is 16.8 Å². The van der Waals surface area contributed by atoms with Crippen molar-refractivity contribution >= 4 is 17.6 Å². The Kier molecular flexibility index (Phi) is 3.70. The number of benzene rings is 1. The third-order valence-corrected chi connectivity index (χ3v) is 2.56. The van der Waals surface area contributed by atoms with Gasteiger partial charge in [0.1, 0.15) is 5.82 Å². The maximum Gasteiger partial charge on any atom is 0.335 e. The van der Waals surface area contributed by atoms with E-state index in [9.17, 15) is 23.9 Å². The minimum atomic E-state index is -1.30. The summed E-state index contributed by atoms with van der Waals surface area (Å²) in [6, 6.07) is 4.89. The highest BCUT2D eigenvalue weighted by Crippen LogP contribution is 2.17. The first kappa shape index (κ1) is 14.3. The van der Waals surface area contributed by atoms with Crippen LogP contribution >= 0.6 is 0 Å². The predicted molar refractivity (Wildman–Crippen MR) is 70.0 cm³/mol. The molecule has 2 aromatic rings. The van der Waals surface area contributed by atoms with Crippen LogP contribution in [0.25, 0.3) is 0 Å². The number of hydrogen-bond acceptors (Lipinski definition) is 4. The Hall–Kier alpha value is -3.16. The predicted octanol–water partition coefficient (Wildman–Crippen LogP) is 1.17. The van der Waals surface area contributed by atoms with Crippen molar-refractivity contribution in [2.45, 2.75) is 0 Å². The maximum absolute atomic E-state index is 13.6. The lowest BCUT2D eigenvalue weighted by molar-refractivity contribution is 0.0696. The van der Waals surface area contributed by atoms with Crippen LogP contribution < -0.4 is 10.9 Å². The van der Waals surface area contributed by atoms with E-state index >= 15 is 0 Å². The van der Waals surface area contributed by atoms with E-state index < -0.39 is 29.1 Å². The lowest BCUT2D eigenvalue weighted by atomic mass is 10.2. The number of amides is 1. The van der Waals surface area contributed by atoms with Crippen LogP contribution in [0, 0.1) is 5.82 Å². The fourth-order valence-electron chi connectivity index (χ4n) is 1.60. The van der Waals surface area contributed by atoms with E-state index in [1.54, 1.807) is 0 Å². The topological polar surface area (TPSA) is 119 Å². The molecule has 0 spiro atoms. The fraction of sp³-hybridized carbons (Fsp3) is 0. The van der Waals surface area contributed by atoms with Gasteiger partial charge in [0.25, 0.3) is 11.5 Å². The third-order valence-electron chi connectivity index (χ3n) is 2.56. The number of H-pyrrole nitrogens is 1. The number of nitrogens with one attached hydrogen (secondary N) is 2. The van der Waals surface area contributed by atoms with Crippen molar-refractivity contribution in [3.63, 3.8) is 0 Å². The largest absolute Gasteiger partial charge is 0.494 e. The van der Waals surface area contributed by atoms with Crippen LogP contribution in [0.1, 0.15) is 20.7 Å². The number of anilines is 1. The Bertz CT molecular complexity index is 784. The van der Waals surface area contributed by atoms with Gasteiger partial charge < -0.3 is 15.5 Å². The van der Waals surface area contributed by atoms with E-state index in [1.807, 2.05) is 4.98 Å². The summed E-state index contributed by atoms with van der Waals surface area (Å²) in [5.41, 5.74) is -1.37. The zero-order valence-corrected chi connectivity index (χ0v) is 10.4. The first-order chi connectivity index (χ1) is 9.86. The van der Waals surface area contributed by atoms with Crippen LogP contribution in [-0.2, 0) is 0 Å². The van der Waals surface area contributed by atoms with E-state index in [0.717, 1.165) is 30.3 Å². The quantitative estimate of drug-likeness (QED) is 0.677. The monoisotopic (exact) mass is 292 g/mol. The number of aromatic hydroxyl groups is 1. The zero-order chi connectivity index (χ0) is 15.6. The van der Waals surface area contributed by atoms with E-state index in [1.165, 1.54) is 0 Å². The van der Waals surface area contributed by atoms with Crippen LogP contribution in [0.2, 0.25) is 0 Å². The number of carboxylic acid groups (broad SMARTS) is 1. The molecule has 0 saturated heterocycles. The van der Waals surface area contributed by atoms with Crippen molar-refractivity contribution in [2.24, 2.45) is 0 Å². The molecule has 108 valence electrons. The molecule has 2 rings (SSSR count). The number of carbonyl (C=O) groups is 2. The molecule has 0 unspecified atom stereocenters. The van der Waals surface area contributed by atoms with Crippen molar-refractivity contribution in [1.82, 2.24) is 4.98 Å². The van der Waals surface area contributed by atoms with Crippen LogP contribution in [0.5, 0.6) is 5.88 Å². The second kappa shape index (κ2) is 5.45. The lowest BCUT2D eigenvalue weighted by Gasteiger charge is -2.07. The maximum atomic E-state index is 13.6. The van der Waals surface area contributed by atoms with Crippen LogP contribution in [0.4, 0.5) is 10.1 Å². The Labute approximate surface area is 116 Å². The van der Waals surface area contributed by atoms with E-state index in [4.69, 9.17) is 5.11 Å². The van der Waals surface area contributed by atoms with Crippen molar-refractivity contribution in [3.8, 4) is 5.88 Å². The Morgan fingerprint density at radius 1 is 1.14 bits per heavy atom. The summed E-state index contributed by atoms with van der Waals surface area (Å²) in [5, 5.41) is 20.1. The minimum Gasteiger partial charge on any atom is -0.494 e. The lowest BCUT2D eigenvalue weighted by Crippen LogP contribution is -2.16. The molecule has 1 heterocycles. The summed E-state index contributed by atoms with van der Waals surface area (Å²) in [4.78, 5) is 35.7. The van der Waals surface area contributed by atoms with Gasteiger partial charge in [-0.15, -0.1) is 0 Å². The van der Waals surface area contributed by atoms with Gasteiger partial charge in [-0.1, -0.05) is 0 Å². The van der Waals surface area contributed by atoms with Crippen molar-refractivity contribution in [1.29, 1.82) is 0 Å². The van der Waals surface area contributed by atoms with E-state index in [0.29, 0.717) is 0 Å². The summed E-state index contributed by atoms with van der Waals surface area (Å²) in [7, 11) is 0. The molecule has 0 aliphatic rings. The van der Waals surface area contributed by atoms with Gasteiger partial charge in [-0.2, -0.15) is 0 Å². The molecule has 4 N–H and O–H groups in total. The summed E-state index contributed by atoms with van der Waals surface area (Å²) >= 11 is 0. The highest BCUT2D eigenvalue weighted by atomic mass is 19.1. The summed E-state index contributed by atoms with van der Waals surface area (Å²) < 4.78 is 13.6. The molecule has 21 heavy (non-hydrogen) atoms. The molecule has 1 aromatic carbocycles. The van der Waals surface area contributed by atoms with Gasteiger partial charge in [0.15, 0.2) is 5.88 Å². The normalized spacial score (nSPS) is 10.1. The van der Waals surface area contributed by atoms with Crippen LogP contribution in [0.3, 0.4) is 0 Å². The third kappa shape index (κ3) is 3.24. The standard InChI is InChI=1S/C13H9FN2O5/c14-8-3-6(13(20)21)1-2-9(8)15-12(19)7-4-10(17)16-11(18)5-7/h1-5H,(H,15,19)(H,20,21)(H2,16,17,18). The minimum absolute atomic E-state index is 0.169. The molecule has 1 amide bonds. The fourth-order valence-corrected chi connectivity index (χ4v) is 1.60. The van der Waals surface area contributed by atoms with Gasteiger partial charge >= 0.3 is 5.97 Å². The smallest absolute Gasteiger partial charge is 0.335 e. The average Bonchev–Trinajstić information content (AvgIpc) is 2.39. The second-order valence-corrected chi connectivity index (χ2v) is 4.07. The number of pyridine rings is 1. The molecule has 0 bridgehead atoms. The number of aromatic carboxylic acids is 1. The van der Waals surface area contributed by atoms with Gasteiger partial charge in [0.2, 0.25) is 0 Å². The van der Waals surface area contributed by atoms with Crippen molar-refractivity contribution in [3.05, 3.63) is 57.6 Å². The first-order valence-corrected chi connectivity index (χ1v) is 5.64. The molecular formula is C13H9FN2O5. The van der Waals surface area contributed by atoms with Gasteiger partial charge in [-0.3, -0.25) is 14.6 Å². The highest BCUT2D eigenvalue weighted by Gasteiger charge is 2.13. The van der Waals surface area contributed by atoms with Gasteiger partial charge in [-0.25, -0.2) is 9.18 Å². The summed E-state index contributed by atoms with van der Waals surface area (Å²) in [6.45, 7) is 0. The van der Waals surface area contributed by atoms with Crippen molar-refractivity contribution in [2.75, 3.05) is 5.32 Å². The van der Waals surface area contributed by atoms with E-state index in [-0.39, 0.29) is 16.8 Å². The molecule has 0 aliphatic heterocycles. The van der Waals surface area contributed by atoms with Gasteiger partial charge in [-0.05, 0) is 18.2 Å². The average molecular weight is 292 g/mol. The molecule has 0 saturated carbocycles. The number of carbonyl (C=O) groups excluding carboxylic acids is 1. The van der Waals surface area contributed by atoms with E-state index in [2.05, 4.69) is 5.32 Å². The van der Waals surface area contributed by atoms with Gasteiger partial charge in [0, 0.05) is 12.1 Å². The Morgan fingerprint density at radius 2 is 1.86 bits per heavy atom. The van der Waals surface area contributed by atoms with Crippen LogP contribution in [0.15, 0.2) is 35.1 Å². The molecular weight excluding hydrogens is 283 g/mol. The molecule has 0 atom stereocenters. The molecule has 0 fully saturated rings. The SMILES string of the molecule is O=C(O)c1ccc(NC(=O)c2cc(O)[nH]c(=O)c2)c(F)c1. The Balaban J connectivity index is 2.27. The molecule has 0 radical (unpaired) electrons. The number of aromatic nitrogens is 1. The zero-order valence-electron chi connectivity index (χ0n) is 10.4. The number of rotatable bonds is 3. The first-order valence-electron chi connectivity index (χ1n) is 5.64.